The normalized spacial score (nSPS) is 15.2. The number of hydrogen-bond acceptors (Lipinski definition) is 3. The fourth-order valence-corrected chi connectivity index (χ4v) is 0.889. The first-order valence-electron chi connectivity index (χ1n) is 2.70. The van der Waals surface area contributed by atoms with Gasteiger partial charge in [-0.05, 0) is 17.4 Å². The van der Waals surface area contributed by atoms with Crippen molar-refractivity contribution in [3.8, 4) is 0 Å². The summed E-state index contributed by atoms with van der Waals surface area (Å²) in [6.07, 6.45) is 0.272. The van der Waals surface area contributed by atoms with Crippen LogP contribution in [0.5, 0.6) is 0 Å². The van der Waals surface area contributed by atoms with Crippen LogP contribution < -0.4 is 5.73 Å². The first-order chi connectivity index (χ1) is 4.13. The molecule has 0 aromatic carbocycles. The summed E-state index contributed by atoms with van der Waals surface area (Å²) in [6, 6.07) is 0. The van der Waals surface area contributed by atoms with Gasteiger partial charge in [-0.3, -0.25) is 0 Å². The van der Waals surface area contributed by atoms with Crippen LogP contribution in [0.15, 0.2) is 0 Å². The second kappa shape index (κ2) is 4.82. The molecular weight excluding hydrogens is 141 g/mol. The van der Waals surface area contributed by atoms with Crippen molar-refractivity contribution in [3.63, 3.8) is 0 Å². The van der Waals surface area contributed by atoms with Gasteiger partial charge in [-0.1, -0.05) is 0 Å². The van der Waals surface area contributed by atoms with Crippen LogP contribution in [-0.2, 0) is 4.57 Å². The van der Waals surface area contributed by atoms with E-state index in [2.05, 4.69) is 0 Å². The van der Waals surface area contributed by atoms with E-state index >= 15 is 0 Å². The Balaban J connectivity index is 3.01. The van der Waals surface area contributed by atoms with Crippen LogP contribution in [-0.4, -0.2) is 22.4 Å². The quantitative estimate of drug-likeness (QED) is 0.384. The van der Waals surface area contributed by atoms with Crippen LogP contribution in [0.4, 0.5) is 0 Å². The van der Waals surface area contributed by atoms with Gasteiger partial charge in [0.25, 0.3) is 0 Å². The lowest BCUT2D eigenvalue weighted by Gasteiger charge is -1.97. The van der Waals surface area contributed by atoms with Gasteiger partial charge in [-0.15, -0.1) is 0 Å². The average Bonchev–Trinajstić information content (AvgIpc) is 1.63. The molecule has 0 bridgehead atoms. The van der Waals surface area contributed by atoms with Gasteiger partial charge in [0.05, 0.1) is 0 Å². The third kappa shape index (κ3) is 7.98. The van der Waals surface area contributed by atoms with Crippen LogP contribution in [0.3, 0.4) is 0 Å². The minimum Gasteiger partial charge on any atom is -0.379 e. The Morgan fingerprint density at radius 2 is 2.22 bits per heavy atom. The van der Waals surface area contributed by atoms with Crippen LogP contribution >= 0.6 is 8.03 Å². The topological polar surface area (TPSA) is 83.5 Å². The molecule has 0 aliphatic heterocycles. The molecule has 0 saturated carbocycles. The van der Waals surface area contributed by atoms with Crippen molar-refractivity contribution < 1.29 is 14.6 Å². The van der Waals surface area contributed by atoms with Gasteiger partial charge in [0.15, 0.2) is 6.16 Å². The van der Waals surface area contributed by atoms with Crippen LogP contribution in [0.25, 0.3) is 0 Å². The van der Waals surface area contributed by atoms with Gasteiger partial charge in [0, 0.05) is 0 Å². The average molecular weight is 152 g/mol. The highest BCUT2D eigenvalue weighted by Crippen LogP contribution is 2.14. The van der Waals surface area contributed by atoms with Crippen molar-refractivity contribution in [2.45, 2.75) is 19.1 Å². The summed E-state index contributed by atoms with van der Waals surface area (Å²) in [7, 11) is -2.05. The molecule has 9 heavy (non-hydrogen) atoms. The van der Waals surface area contributed by atoms with Gasteiger partial charge in [-0.25, -0.2) is 0 Å². The zero-order chi connectivity index (χ0) is 7.28. The summed E-state index contributed by atoms with van der Waals surface area (Å²) in [5.41, 5.74) is 4.96. The maximum atomic E-state index is 10.0. The smallest absolute Gasteiger partial charge is 0.379 e. The Labute approximate surface area is 54.6 Å². The lowest BCUT2D eigenvalue weighted by molar-refractivity contribution is 0.171. The molecule has 2 unspecified atom stereocenters. The van der Waals surface area contributed by atoms with E-state index in [0.717, 1.165) is 0 Å². The van der Waals surface area contributed by atoms with Crippen molar-refractivity contribution in [3.05, 3.63) is 0 Å². The molecule has 0 amide bonds. The third-order valence-electron chi connectivity index (χ3n) is 0.849. The summed E-state index contributed by atoms with van der Waals surface area (Å²) in [5, 5.41) is 8.47. The zero-order valence-corrected chi connectivity index (χ0v) is 5.92. The number of aliphatic hydroxyl groups is 1. The lowest BCUT2D eigenvalue weighted by Crippen LogP contribution is -2.18. The van der Waals surface area contributed by atoms with E-state index in [1.165, 1.54) is 0 Å². The summed E-state index contributed by atoms with van der Waals surface area (Å²) in [6.45, 7) is 0. The van der Waals surface area contributed by atoms with Crippen molar-refractivity contribution in [2.75, 3.05) is 6.16 Å². The summed E-state index contributed by atoms with van der Waals surface area (Å²) in [5.74, 6) is 0. The standard InChI is InChI=1S/C4H10NO3P/c5-4(6)2-1-3-9(7)8/h4,6H,1-3,5H2/p+1. The maximum Gasteiger partial charge on any atom is 0.505 e. The molecule has 0 rings (SSSR count). The predicted molar refractivity (Wildman–Crippen MR) is 34.1 cm³/mol. The van der Waals surface area contributed by atoms with Crippen molar-refractivity contribution in [1.82, 2.24) is 0 Å². The van der Waals surface area contributed by atoms with E-state index in [-0.39, 0.29) is 6.16 Å². The van der Waals surface area contributed by atoms with Gasteiger partial charge < -0.3 is 10.8 Å². The fourth-order valence-electron chi connectivity index (χ4n) is 0.436. The molecular formula is C4H11NO3P+. The van der Waals surface area contributed by atoms with E-state index < -0.39 is 14.3 Å². The van der Waals surface area contributed by atoms with Crippen LogP contribution in [0.1, 0.15) is 12.8 Å². The molecule has 5 heteroatoms. The molecule has 0 aromatic heterocycles. The molecule has 0 fully saturated rings. The van der Waals surface area contributed by atoms with Crippen molar-refractivity contribution in [1.29, 1.82) is 0 Å². The molecule has 2 atom stereocenters. The van der Waals surface area contributed by atoms with E-state index in [1.54, 1.807) is 0 Å². The minimum atomic E-state index is -2.05. The lowest BCUT2D eigenvalue weighted by atomic mass is 10.3. The van der Waals surface area contributed by atoms with Crippen LogP contribution in [0.2, 0.25) is 0 Å². The largest absolute Gasteiger partial charge is 0.505 e. The molecule has 0 saturated heterocycles. The zero-order valence-electron chi connectivity index (χ0n) is 5.03. The Hall–Kier alpha value is -0.0200. The Kier molecular flexibility index (Phi) is 4.81. The highest BCUT2D eigenvalue weighted by molar-refractivity contribution is 7.37. The van der Waals surface area contributed by atoms with Crippen molar-refractivity contribution >= 4 is 8.03 Å². The second-order valence-electron chi connectivity index (χ2n) is 1.79. The maximum absolute atomic E-state index is 10.0. The van der Waals surface area contributed by atoms with Gasteiger partial charge in [0.2, 0.25) is 0 Å². The monoisotopic (exact) mass is 152 g/mol. The third-order valence-corrected chi connectivity index (χ3v) is 1.55. The number of nitrogens with two attached hydrogens (primary N) is 1. The Morgan fingerprint density at radius 1 is 1.67 bits per heavy atom. The number of aliphatic hydroxyl groups excluding tert-OH is 1. The van der Waals surface area contributed by atoms with E-state index in [1.807, 2.05) is 0 Å². The summed E-state index contributed by atoms with van der Waals surface area (Å²) in [4.78, 5) is 8.25. The van der Waals surface area contributed by atoms with Crippen LogP contribution in [0, 0.1) is 0 Å². The first-order valence-corrected chi connectivity index (χ1v) is 4.10. The SMILES string of the molecule is NC(O)CCC[P+](=O)O. The highest BCUT2D eigenvalue weighted by atomic mass is 31.1. The molecule has 4 N–H and O–H groups in total. The molecule has 0 aromatic rings. The number of rotatable bonds is 4. The predicted octanol–water partition coefficient (Wildman–Crippen LogP) is -0.222. The highest BCUT2D eigenvalue weighted by Gasteiger charge is 2.09. The van der Waals surface area contributed by atoms with Crippen molar-refractivity contribution in [2.24, 2.45) is 5.73 Å². The fraction of sp³-hybridized carbons (Fsp3) is 1.00. The van der Waals surface area contributed by atoms with E-state index in [9.17, 15) is 4.57 Å². The van der Waals surface area contributed by atoms with Gasteiger partial charge in [0.1, 0.15) is 6.23 Å². The summed E-state index contributed by atoms with van der Waals surface area (Å²) < 4.78 is 10.0. The molecule has 54 valence electrons. The number of hydrogen-bond donors (Lipinski definition) is 3. The Morgan fingerprint density at radius 3 is 2.56 bits per heavy atom. The second-order valence-corrected chi connectivity index (χ2v) is 2.94. The molecule has 0 aliphatic rings. The Bertz CT molecular complexity index is 95.8. The summed E-state index contributed by atoms with van der Waals surface area (Å²) >= 11 is 0. The molecule has 0 heterocycles. The molecule has 0 spiro atoms. The molecule has 4 nitrogen and oxygen atoms in total. The van der Waals surface area contributed by atoms with Gasteiger partial charge >= 0.3 is 8.03 Å². The molecule has 0 radical (unpaired) electrons. The van der Waals surface area contributed by atoms with E-state index in [0.29, 0.717) is 12.8 Å². The first kappa shape index (κ1) is 8.98. The van der Waals surface area contributed by atoms with Gasteiger partial charge in [-0.2, -0.15) is 4.89 Å². The van der Waals surface area contributed by atoms with E-state index in [4.69, 9.17) is 15.7 Å². The molecule has 0 aliphatic carbocycles. The minimum absolute atomic E-state index is 0.226.